The third-order valence-corrected chi connectivity index (χ3v) is 3.92. The maximum absolute atomic E-state index is 13.1. The van der Waals surface area contributed by atoms with Crippen LogP contribution in [-0.4, -0.2) is 34.7 Å². The molecule has 0 fully saturated rings. The zero-order chi connectivity index (χ0) is 19.4. The van der Waals surface area contributed by atoms with E-state index in [9.17, 15) is 18.0 Å². The van der Waals surface area contributed by atoms with Gasteiger partial charge in [-0.05, 0) is 42.0 Å². The molecule has 0 radical (unpaired) electrons. The molecule has 27 heavy (non-hydrogen) atoms. The maximum atomic E-state index is 13.1. The highest BCUT2D eigenvalue weighted by Gasteiger charge is 2.19. The number of alkyl halides is 2. The molecule has 3 aromatic rings. The lowest BCUT2D eigenvalue weighted by Gasteiger charge is -2.17. The molecular weight excluding hydrogens is 359 g/mol. The predicted molar refractivity (Wildman–Crippen MR) is 92.9 cm³/mol. The van der Waals surface area contributed by atoms with Gasteiger partial charge in [0.1, 0.15) is 11.6 Å². The van der Waals surface area contributed by atoms with Gasteiger partial charge in [0.25, 0.3) is 5.91 Å². The van der Waals surface area contributed by atoms with Gasteiger partial charge >= 0.3 is 6.61 Å². The zero-order valence-corrected chi connectivity index (χ0v) is 14.3. The van der Waals surface area contributed by atoms with Gasteiger partial charge in [-0.2, -0.15) is 13.9 Å². The first-order chi connectivity index (χ1) is 12.9. The van der Waals surface area contributed by atoms with Gasteiger partial charge in [0, 0.05) is 19.2 Å². The van der Waals surface area contributed by atoms with Gasteiger partial charge in [0.05, 0.1) is 17.5 Å². The third-order valence-electron chi connectivity index (χ3n) is 3.92. The van der Waals surface area contributed by atoms with E-state index in [0.717, 1.165) is 5.56 Å². The second-order valence-electron chi connectivity index (χ2n) is 5.85. The number of rotatable bonds is 6. The molecule has 1 N–H and O–H groups in total. The van der Waals surface area contributed by atoms with Crippen LogP contribution in [0.1, 0.15) is 15.9 Å². The molecule has 0 aliphatic heterocycles. The van der Waals surface area contributed by atoms with E-state index in [1.807, 2.05) is 0 Å². The van der Waals surface area contributed by atoms with E-state index in [-0.39, 0.29) is 24.0 Å². The van der Waals surface area contributed by atoms with Crippen LogP contribution >= 0.6 is 0 Å². The van der Waals surface area contributed by atoms with Gasteiger partial charge in [-0.1, -0.05) is 12.1 Å². The lowest BCUT2D eigenvalue weighted by molar-refractivity contribution is -0.0498. The van der Waals surface area contributed by atoms with Gasteiger partial charge in [0.2, 0.25) is 0 Å². The van der Waals surface area contributed by atoms with E-state index in [4.69, 9.17) is 0 Å². The summed E-state index contributed by atoms with van der Waals surface area (Å²) in [5, 5.41) is 6.68. The number of aromatic amines is 1. The highest BCUT2D eigenvalue weighted by molar-refractivity contribution is 5.99. The fraction of sp³-hybridized carbons (Fsp3) is 0.158. The fourth-order valence-electron chi connectivity index (χ4n) is 2.61. The van der Waals surface area contributed by atoms with Crippen molar-refractivity contribution >= 4 is 5.91 Å². The van der Waals surface area contributed by atoms with Gasteiger partial charge in [-0.15, -0.1) is 0 Å². The van der Waals surface area contributed by atoms with Crippen LogP contribution in [-0.2, 0) is 6.54 Å². The summed E-state index contributed by atoms with van der Waals surface area (Å²) < 4.78 is 41.8. The SMILES string of the molecule is CN(Cc1ccc(OC(F)F)cc1)C(=O)c1cn[nH]c1-c1ccc(F)cc1. The number of carbonyl (C=O) groups excluding carboxylic acids is 1. The van der Waals surface area contributed by atoms with Crippen LogP contribution < -0.4 is 4.74 Å². The summed E-state index contributed by atoms with van der Waals surface area (Å²) in [7, 11) is 1.62. The molecule has 0 aliphatic carbocycles. The molecule has 0 atom stereocenters. The smallest absolute Gasteiger partial charge is 0.387 e. The van der Waals surface area contributed by atoms with Gasteiger partial charge in [-0.3, -0.25) is 9.89 Å². The molecule has 8 heteroatoms. The highest BCUT2D eigenvalue weighted by Crippen LogP contribution is 2.23. The Hall–Kier alpha value is -3.29. The van der Waals surface area contributed by atoms with Gasteiger partial charge in [0.15, 0.2) is 0 Å². The zero-order valence-electron chi connectivity index (χ0n) is 14.3. The van der Waals surface area contributed by atoms with Crippen LogP contribution in [0.3, 0.4) is 0 Å². The first-order valence-corrected chi connectivity index (χ1v) is 8.02. The van der Waals surface area contributed by atoms with Crippen molar-refractivity contribution in [3.8, 4) is 17.0 Å². The summed E-state index contributed by atoms with van der Waals surface area (Å²) in [5.41, 5.74) is 2.23. The van der Waals surface area contributed by atoms with Crippen LogP contribution in [0.2, 0.25) is 0 Å². The summed E-state index contributed by atoms with van der Waals surface area (Å²) in [6.45, 7) is -2.62. The Kier molecular flexibility index (Phi) is 5.44. The predicted octanol–water partition coefficient (Wildman–Crippen LogP) is 4.09. The van der Waals surface area contributed by atoms with Crippen molar-refractivity contribution in [3.63, 3.8) is 0 Å². The van der Waals surface area contributed by atoms with E-state index in [1.165, 1.54) is 35.4 Å². The number of hydrogen-bond acceptors (Lipinski definition) is 3. The minimum atomic E-state index is -2.88. The Bertz CT molecular complexity index is 909. The average Bonchev–Trinajstić information content (AvgIpc) is 3.12. The van der Waals surface area contributed by atoms with Crippen LogP contribution in [0.5, 0.6) is 5.75 Å². The lowest BCUT2D eigenvalue weighted by Crippen LogP contribution is -2.26. The summed E-state index contributed by atoms with van der Waals surface area (Å²) in [6, 6.07) is 11.8. The topological polar surface area (TPSA) is 58.2 Å². The maximum Gasteiger partial charge on any atom is 0.387 e. The number of hydrogen-bond donors (Lipinski definition) is 1. The molecule has 0 spiro atoms. The molecule has 0 bridgehead atoms. The normalized spacial score (nSPS) is 10.9. The number of ether oxygens (including phenoxy) is 1. The van der Waals surface area contributed by atoms with Crippen molar-refractivity contribution in [1.29, 1.82) is 0 Å². The quantitative estimate of drug-likeness (QED) is 0.706. The first kappa shape index (κ1) is 18.5. The number of nitrogens with one attached hydrogen (secondary N) is 1. The second-order valence-corrected chi connectivity index (χ2v) is 5.85. The Labute approximate surface area is 153 Å². The summed E-state index contributed by atoms with van der Waals surface area (Å²) >= 11 is 0. The molecule has 2 aromatic carbocycles. The van der Waals surface area contributed by atoms with Crippen molar-refractivity contribution < 1.29 is 22.7 Å². The Morgan fingerprint density at radius 2 is 1.81 bits per heavy atom. The average molecular weight is 375 g/mol. The van der Waals surface area contributed by atoms with Crippen LogP contribution in [0.4, 0.5) is 13.2 Å². The monoisotopic (exact) mass is 375 g/mol. The van der Waals surface area contributed by atoms with Gasteiger partial charge in [-0.25, -0.2) is 4.39 Å². The minimum Gasteiger partial charge on any atom is -0.435 e. The number of H-pyrrole nitrogens is 1. The lowest BCUT2D eigenvalue weighted by atomic mass is 10.1. The van der Waals surface area contributed by atoms with Crippen LogP contribution in [0.15, 0.2) is 54.7 Å². The first-order valence-electron chi connectivity index (χ1n) is 8.02. The Morgan fingerprint density at radius 3 is 2.44 bits per heavy atom. The molecule has 1 heterocycles. The number of nitrogens with zero attached hydrogens (tertiary/aromatic N) is 2. The number of halogens is 3. The second kappa shape index (κ2) is 7.94. The standard InChI is InChI=1S/C19H16F3N3O2/c1-25(11-12-2-8-15(9-3-12)27-19(21)22)18(26)16-10-23-24-17(16)13-4-6-14(20)7-5-13/h2-10,19H,11H2,1H3,(H,23,24). The van der Waals surface area contributed by atoms with E-state index >= 15 is 0 Å². The summed E-state index contributed by atoms with van der Waals surface area (Å²) in [5.74, 6) is -0.602. The molecule has 1 amide bonds. The van der Waals surface area contributed by atoms with E-state index in [0.29, 0.717) is 16.8 Å². The Balaban J connectivity index is 1.73. The largest absolute Gasteiger partial charge is 0.435 e. The minimum absolute atomic E-state index is 0.0520. The molecule has 140 valence electrons. The van der Waals surface area contributed by atoms with Crippen molar-refractivity contribution in [2.45, 2.75) is 13.2 Å². The molecule has 0 unspecified atom stereocenters. The molecular formula is C19H16F3N3O2. The third kappa shape index (κ3) is 4.46. The van der Waals surface area contributed by atoms with Crippen molar-refractivity contribution in [2.24, 2.45) is 0 Å². The molecule has 1 aromatic heterocycles. The molecule has 3 rings (SSSR count). The molecule has 0 aliphatic rings. The Morgan fingerprint density at radius 1 is 1.15 bits per heavy atom. The van der Waals surface area contributed by atoms with E-state index in [1.54, 1.807) is 31.3 Å². The van der Waals surface area contributed by atoms with Crippen LogP contribution in [0, 0.1) is 5.82 Å². The molecule has 5 nitrogen and oxygen atoms in total. The van der Waals surface area contributed by atoms with Crippen molar-refractivity contribution in [2.75, 3.05) is 7.05 Å². The van der Waals surface area contributed by atoms with Gasteiger partial charge < -0.3 is 9.64 Å². The number of benzene rings is 2. The fourth-order valence-corrected chi connectivity index (χ4v) is 2.61. The van der Waals surface area contributed by atoms with E-state index < -0.39 is 6.61 Å². The summed E-state index contributed by atoms with van der Waals surface area (Å²) in [4.78, 5) is 14.2. The van der Waals surface area contributed by atoms with E-state index in [2.05, 4.69) is 14.9 Å². The highest BCUT2D eigenvalue weighted by atomic mass is 19.3. The molecule has 0 saturated carbocycles. The number of aromatic nitrogens is 2. The number of amides is 1. The van der Waals surface area contributed by atoms with Crippen molar-refractivity contribution in [1.82, 2.24) is 15.1 Å². The number of carbonyl (C=O) groups is 1. The molecule has 0 saturated heterocycles. The summed E-state index contributed by atoms with van der Waals surface area (Å²) in [6.07, 6.45) is 1.41. The van der Waals surface area contributed by atoms with Crippen LogP contribution in [0.25, 0.3) is 11.3 Å². The van der Waals surface area contributed by atoms with Crippen molar-refractivity contribution in [3.05, 3.63) is 71.7 Å².